The fourth-order valence-corrected chi connectivity index (χ4v) is 1.60. The first-order valence-electron chi connectivity index (χ1n) is 6.03. The third-order valence-electron chi connectivity index (χ3n) is 2.64. The number of carbonyl (C=O) groups is 1. The number of rotatable bonds is 5. The Kier molecular flexibility index (Phi) is 4.04. The molecule has 0 radical (unpaired) electrons. The van der Waals surface area contributed by atoms with Gasteiger partial charge in [0.25, 0.3) is 11.6 Å². The third-order valence-corrected chi connectivity index (χ3v) is 2.64. The van der Waals surface area contributed by atoms with E-state index in [1.165, 1.54) is 12.1 Å². The molecule has 0 fully saturated rings. The van der Waals surface area contributed by atoms with Crippen LogP contribution in [0.15, 0.2) is 24.3 Å². The van der Waals surface area contributed by atoms with Gasteiger partial charge in [-0.05, 0) is 5.56 Å². The molecule has 0 atom stereocenters. The minimum absolute atomic E-state index is 0.0112. The molecule has 20 heavy (non-hydrogen) atoms. The van der Waals surface area contributed by atoms with Crippen molar-refractivity contribution >= 4 is 11.6 Å². The molecule has 0 bridgehead atoms. The highest BCUT2D eigenvalue weighted by Gasteiger charge is 2.12. The smallest absolute Gasteiger partial charge is 0.291 e. The summed E-state index contributed by atoms with van der Waals surface area (Å²) in [4.78, 5) is 25.9. The van der Waals surface area contributed by atoms with Gasteiger partial charge in [-0.15, -0.1) is 5.10 Å². The average molecular weight is 275 g/mol. The second-order valence-electron chi connectivity index (χ2n) is 4.07. The number of hydrogen-bond donors (Lipinski definition) is 2. The van der Waals surface area contributed by atoms with Gasteiger partial charge >= 0.3 is 0 Å². The van der Waals surface area contributed by atoms with Gasteiger partial charge in [0.1, 0.15) is 5.82 Å². The number of carbonyl (C=O) groups excluding carboxylic acids is 1. The van der Waals surface area contributed by atoms with Crippen molar-refractivity contribution < 1.29 is 9.72 Å². The summed E-state index contributed by atoms with van der Waals surface area (Å²) in [7, 11) is 0. The normalized spacial score (nSPS) is 10.2. The van der Waals surface area contributed by atoms with Crippen molar-refractivity contribution in [1.82, 2.24) is 20.5 Å². The quantitative estimate of drug-likeness (QED) is 0.628. The Balaban J connectivity index is 1.99. The maximum Gasteiger partial charge on any atom is 0.291 e. The van der Waals surface area contributed by atoms with E-state index in [0.717, 1.165) is 0 Å². The summed E-state index contributed by atoms with van der Waals surface area (Å²) >= 11 is 0. The van der Waals surface area contributed by atoms with Gasteiger partial charge in [-0.1, -0.05) is 19.1 Å². The van der Waals surface area contributed by atoms with Crippen molar-refractivity contribution in [3.63, 3.8) is 0 Å². The summed E-state index contributed by atoms with van der Waals surface area (Å²) in [5.41, 5.74) is 0.627. The fourth-order valence-electron chi connectivity index (χ4n) is 1.60. The van der Waals surface area contributed by atoms with Gasteiger partial charge in [-0.2, -0.15) is 0 Å². The van der Waals surface area contributed by atoms with Crippen LogP contribution in [0, 0.1) is 10.1 Å². The van der Waals surface area contributed by atoms with Crippen molar-refractivity contribution in [1.29, 1.82) is 0 Å². The van der Waals surface area contributed by atoms with Crippen molar-refractivity contribution in [3.05, 3.63) is 51.6 Å². The van der Waals surface area contributed by atoms with Crippen molar-refractivity contribution in [2.24, 2.45) is 0 Å². The van der Waals surface area contributed by atoms with Crippen molar-refractivity contribution in [2.75, 3.05) is 0 Å². The predicted octanol–water partition coefficient (Wildman–Crippen LogP) is 1.21. The molecular weight excluding hydrogens is 262 g/mol. The molecule has 1 aromatic carbocycles. The molecule has 0 aliphatic rings. The number of aryl methyl sites for hydroxylation is 1. The number of aromatic nitrogens is 3. The van der Waals surface area contributed by atoms with Gasteiger partial charge in [0, 0.05) is 25.1 Å². The van der Waals surface area contributed by atoms with E-state index in [4.69, 9.17) is 0 Å². The summed E-state index contributed by atoms with van der Waals surface area (Å²) in [6.45, 7) is 2.07. The number of hydrogen-bond acceptors (Lipinski definition) is 5. The molecule has 2 N–H and O–H groups in total. The number of nitrogens with zero attached hydrogens (tertiary/aromatic N) is 3. The zero-order valence-corrected chi connectivity index (χ0v) is 10.8. The van der Waals surface area contributed by atoms with E-state index in [1.54, 1.807) is 12.1 Å². The van der Waals surface area contributed by atoms with Crippen molar-refractivity contribution in [2.45, 2.75) is 19.9 Å². The fraction of sp³-hybridized carbons (Fsp3) is 0.250. The standard InChI is InChI=1S/C12H13N5O3/c1-2-10-14-11(16-15-10)12(18)13-7-8-4-3-5-9(6-8)17(19)20/h3-6H,2,7H2,1H3,(H,13,18)(H,14,15,16). The van der Waals surface area contributed by atoms with Gasteiger partial charge in [0.05, 0.1) is 4.92 Å². The summed E-state index contributed by atoms with van der Waals surface area (Å²) in [6.07, 6.45) is 0.658. The molecule has 2 aromatic rings. The second-order valence-corrected chi connectivity index (χ2v) is 4.07. The SMILES string of the molecule is CCc1nc(C(=O)NCc2cccc([N+](=O)[O-])c2)n[nH]1. The van der Waals surface area contributed by atoms with E-state index >= 15 is 0 Å². The first-order valence-corrected chi connectivity index (χ1v) is 6.03. The van der Waals surface area contributed by atoms with Crippen LogP contribution in [0.3, 0.4) is 0 Å². The number of benzene rings is 1. The zero-order valence-electron chi connectivity index (χ0n) is 10.8. The summed E-state index contributed by atoms with van der Waals surface area (Å²) < 4.78 is 0. The number of H-pyrrole nitrogens is 1. The molecule has 104 valence electrons. The van der Waals surface area contributed by atoms with E-state index in [9.17, 15) is 14.9 Å². The lowest BCUT2D eigenvalue weighted by Crippen LogP contribution is -2.24. The maximum atomic E-state index is 11.8. The monoisotopic (exact) mass is 275 g/mol. The van der Waals surface area contributed by atoms with Gasteiger partial charge in [-0.3, -0.25) is 20.0 Å². The van der Waals surface area contributed by atoms with Crippen LogP contribution < -0.4 is 5.32 Å². The van der Waals surface area contributed by atoms with E-state index in [-0.39, 0.29) is 18.1 Å². The Morgan fingerprint density at radius 3 is 2.95 bits per heavy atom. The largest absolute Gasteiger partial charge is 0.345 e. The van der Waals surface area contributed by atoms with Gasteiger partial charge in [0.15, 0.2) is 0 Å². The van der Waals surface area contributed by atoms with E-state index < -0.39 is 10.8 Å². The molecular formula is C12H13N5O3. The topological polar surface area (TPSA) is 114 Å². The number of non-ortho nitro benzene ring substituents is 1. The highest BCUT2D eigenvalue weighted by Crippen LogP contribution is 2.12. The minimum Gasteiger partial charge on any atom is -0.345 e. The summed E-state index contributed by atoms with van der Waals surface area (Å²) in [5.74, 6) is 0.269. The third kappa shape index (κ3) is 3.16. The lowest BCUT2D eigenvalue weighted by molar-refractivity contribution is -0.384. The number of nitro benzene ring substituents is 1. The summed E-state index contributed by atoms with van der Waals surface area (Å²) in [5, 5.41) is 19.7. The Morgan fingerprint density at radius 2 is 2.30 bits per heavy atom. The number of amides is 1. The van der Waals surface area contributed by atoms with Crippen LogP contribution in [0.5, 0.6) is 0 Å². The molecule has 8 nitrogen and oxygen atoms in total. The van der Waals surface area contributed by atoms with Gasteiger partial charge in [-0.25, -0.2) is 4.98 Å². The van der Waals surface area contributed by atoms with E-state index in [1.807, 2.05) is 6.92 Å². The molecule has 8 heteroatoms. The van der Waals surface area contributed by atoms with Crippen LogP contribution in [0.4, 0.5) is 5.69 Å². The van der Waals surface area contributed by atoms with Gasteiger partial charge < -0.3 is 5.32 Å². The van der Waals surface area contributed by atoms with Crippen LogP contribution in [0.1, 0.15) is 28.9 Å². The molecule has 0 saturated carbocycles. The molecule has 0 spiro atoms. The molecule has 0 unspecified atom stereocenters. The molecule has 1 amide bonds. The van der Waals surface area contributed by atoms with Crippen LogP contribution in [0.25, 0.3) is 0 Å². The van der Waals surface area contributed by atoms with Gasteiger partial charge in [0.2, 0.25) is 5.82 Å². The van der Waals surface area contributed by atoms with Crippen LogP contribution in [0.2, 0.25) is 0 Å². The molecule has 1 heterocycles. The molecule has 2 rings (SSSR count). The van der Waals surface area contributed by atoms with E-state index in [0.29, 0.717) is 17.8 Å². The molecule has 0 saturated heterocycles. The average Bonchev–Trinajstić information content (AvgIpc) is 2.94. The lowest BCUT2D eigenvalue weighted by atomic mass is 10.2. The van der Waals surface area contributed by atoms with Crippen LogP contribution >= 0.6 is 0 Å². The second kappa shape index (κ2) is 5.91. The van der Waals surface area contributed by atoms with Crippen LogP contribution in [-0.4, -0.2) is 26.0 Å². The number of aromatic amines is 1. The Labute approximate surface area is 114 Å². The van der Waals surface area contributed by atoms with Crippen molar-refractivity contribution in [3.8, 4) is 0 Å². The first-order chi connectivity index (χ1) is 9.60. The lowest BCUT2D eigenvalue weighted by Gasteiger charge is -2.02. The van der Waals surface area contributed by atoms with Crippen LogP contribution in [-0.2, 0) is 13.0 Å². The molecule has 0 aliphatic heterocycles. The maximum absolute atomic E-state index is 11.8. The zero-order chi connectivity index (χ0) is 14.5. The Bertz CT molecular complexity index is 638. The predicted molar refractivity (Wildman–Crippen MR) is 70.0 cm³/mol. The summed E-state index contributed by atoms with van der Waals surface area (Å²) in [6, 6.07) is 6.08. The Morgan fingerprint density at radius 1 is 1.50 bits per heavy atom. The first kappa shape index (κ1) is 13.7. The number of nitro groups is 1. The molecule has 1 aromatic heterocycles. The number of nitrogens with one attached hydrogen (secondary N) is 2. The Hall–Kier alpha value is -2.77. The van der Waals surface area contributed by atoms with E-state index in [2.05, 4.69) is 20.5 Å². The highest BCUT2D eigenvalue weighted by atomic mass is 16.6. The highest BCUT2D eigenvalue weighted by molar-refractivity contribution is 5.90. The minimum atomic E-state index is -0.478. The molecule has 0 aliphatic carbocycles.